The second-order valence-electron chi connectivity index (χ2n) is 9.19. The van der Waals surface area contributed by atoms with Crippen LogP contribution in [-0.2, 0) is 15.7 Å². The highest BCUT2D eigenvalue weighted by Crippen LogP contribution is 2.36. The van der Waals surface area contributed by atoms with E-state index >= 15 is 0 Å². The number of nitrogens with zero attached hydrogens (tertiary/aromatic N) is 4. The highest BCUT2D eigenvalue weighted by atomic mass is 16.7. The number of rotatable bonds is 4. The highest BCUT2D eigenvalue weighted by Gasteiger charge is 2.51. The van der Waals surface area contributed by atoms with Crippen LogP contribution in [0.2, 0.25) is 0 Å². The van der Waals surface area contributed by atoms with E-state index in [0.717, 1.165) is 45.8 Å². The molecule has 0 amide bonds. The van der Waals surface area contributed by atoms with Crippen molar-refractivity contribution in [2.24, 2.45) is 0 Å². The van der Waals surface area contributed by atoms with Gasteiger partial charge in [-0.3, -0.25) is 4.57 Å². The molecule has 0 atom stereocenters. The fraction of sp³-hybridized carbons (Fsp3) is 0.320. The van der Waals surface area contributed by atoms with Gasteiger partial charge in [-0.25, -0.2) is 4.98 Å². The lowest BCUT2D eigenvalue weighted by Gasteiger charge is -2.32. The number of fused-ring (bicyclic) bond motifs is 1. The van der Waals surface area contributed by atoms with Crippen LogP contribution in [0.15, 0.2) is 60.7 Å². The van der Waals surface area contributed by atoms with Crippen molar-refractivity contribution in [1.29, 1.82) is 0 Å². The lowest BCUT2D eigenvalue weighted by molar-refractivity contribution is 0.00578. The molecule has 2 aromatic heterocycles. The summed E-state index contributed by atoms with van der Waals surface area (Å²) in [5.41, 5.74) is 4.10. The van der Waals surface area contributed by atoms with Gasteiger partial charge in [-0.05, 0) is 57.4 Å². The summed E-state index contributed by atoms with van der Waals surface area (Å²) < 4.78 is 14.4. The third kappa shape index (κ3) is 3.42. The first-order valence-corrected chi connectivity index (χ1v) is 11.1. The molecule has 1 fully saturated rings. The molecule has 0 unspecified atom stereocenters. The number of aromatic nitrogens is 4. The summed E-state index contributed by atoms with van der Waals surface area (Å²) in [6, 6.07) is 20.2. The predicted molar refractivity (Wildman–Crippen MR) is 127 cm³/mol. The maximum absolute atomic E-state index is 6.15. The molecule has 3 heterocycles. The van der Waals surface area contributed by atoms with E-state index in [1.54, 1.807) is 0 Å². The molecule has 1 aliphatic heterocycles. The molecule has 0 spiro atoms. The molecule has 0 bridgehead atoms. The fourth-order valence-corrected chi connectivity index (χ4v) is 3.96. The van der Waals surface area contributed by atoms with Gasteiger partial charge in [0.05, 0.1) is 27.9 Å². The zero-order valence-corrected chi connectivity index (χ0v) is 19.2. The molecular weight excluding hydrogens is 399 g/mol. The number of para-hydroxylation sites is 2. The van der Waals surface area contributed by atoms with Crippen LogP contribution in [0.5, 0.6) is 0 Å². The second kappa shape index (κ2) is 7.54. The standard InChI is InChI=1S/C25H27BN4O2/c1-6-22-27-20-9-7-8-10-21(20)30(22)23-16-15-19(28-29-23)17-11-13-18(14-12-17)26-31-24(2,3)25(4,5)32-26/h7-16H,6H2,1-5H3. The van der Waals surface area contributed by atoms with Crippen LogP contribution in [0, 0.1) is 0 Å². The van der Waals surface area contributed by atoms with Crippen LogP contribution in [0.25, 0.3) is 28.1 Å². The van der Waals surface area contributed by atoms with Crippen molar-refractivity contribution >= 4 is 23.6 Å². The lowest BCUT2D eigenvalue weighted by atomic mass is 9.79. The van der Waals surface area contributed by atoms with E-state index in [1.807, 2.05) is 54.6 Å². The first kappa shape index (κ1) is 20.9. The SMILES string of the molecule is CCc1nc2ccccc2n1-c1ccc(-c2ccc(B3OC(C)(C)C(C)(C)O3)cc2)nn1. The van der Waals surface area contributed by atoms with Crippen LogP contribution in [0.1, 0.15) is 40.4 Å². The summed E-state index contributed by atoms with van der Waals surface area (Å²) in [5, 5.41) is 9.02. The minimum Gasteiger partial charge on any atom is -0.399 e. The molecule has 1 aliphatic rings. The van der Waals surface area contributed by atoms with Gasteiger partial charge in [-0.1, -0.05) is 43.3 Å². The Morgan fingerprint density at radius 2 is 1.53 bits per heavy atom. The predicted octanol–water partition coefficient (Wildman–Crippen LogP) is 4.34. The molecule has 5 rings (SSSR count). The van der Waals surface area contributed by atoms with E-state index in [2.05, 4.69) is 55.4 Å². The summed E-state index contributed by atoms with van der Waals surface area (Å²) >= 11 is 0. The van der Waals surface area contributed by atoms with E-state index < -0.39 is 0 Å². The second-order valence-corrected chi connectivity index (χ2v) is 9.19. The molecule has 4 aromatic rings. The molecule has 32 heavy (non-hydrogen) atoms. The molecule has 0 radical (unpaired) electrons. The molecule has 2 aromatic carbocycles. The monoisotopic (exact) mass is 426 g/mol. The van der Waals surface area contributed by atoms with E-state index in [4.69, 9.17) is 14.3 Å². The minimum atomic E-state index is -0.371. The zero-order valence-electron chi connectivity index (χ0n) is 19.2. The summed E-state index contributed by atoms with van der Waals surface area (Å²) in [7, 11) is -0.371. The van der Waals surface area contributed by atoms with Crippen LogP contribution >= 0.6 is 0 Å². The first-order chi connectivity index (χ1) is 15.3. The Balaban J connectivity index is 1.41. The summed E-state index contributed by atoms with van der Waals surface area (Å²) in [6.07, 6.45) is 0.818. The zero-order chi connectivity index (χ0) is 22.5. The largest absolute Gasteiger partial charge is 0.494 e. The van der Waals surface area contributed by atoms with Crippen molar-refractivity contribution in [2.75, 3.05) is 0 Å². The molecular formula is C25H27BN4O2. The van der Waals surface area contributed by atoms with Gasteiger partial charge in [0.1, 0.15) is 5.82 Å². The highest BCUT2D eigenvalue weighted by molar-refractivity contribution is 6.62. The Morgan fingerprint density at radius 3 is 2.16 bits per heavy atom. The number of benzene rings is 2. The topological polar surface area (TPSA) is 62.1 Å². The average molecular weight is 426 g/mol. The summed E-state index contributed by atoms with van der Waals surface area (Å²) in [5.74, 6) is 1.74. The Labute approximate surface area is 188 Å². The number of imidazole rings is 1. The van der Waals surface area contributed by atoms with Gasteiger partial charge in [0.15, 0.2) is 5.82 Å². The van der Waals surface area contributed by atoms with Crippen LogP contribution in [-0.4, -0.2) is 38.1 Å². The van der Waals surface area contributed by atoms with Crippen molar-refractivity contribution in [1.82, 2.24) is 19.7 Å². The average Bonchev–Trinajstić information content (AvgIpc) is 3.27. The first-order valence-electron chi connectivity index (χ1n) is 11.1. The van der Waals surface area contributed by atoms with Gasteiger partial charge in [-0.15, -0.1) is 10.2 Å². The van der Waals surface area contributed by atoms with Gasteiger partial charge in [-0.2, -0.15) is 0 Å². The van der Waals surface area contributed by atoms with E-state index in [-0.39, 0.29) is 18.3 Å². The van der Waals surface area contributed by atoms with Gasteiger partial charge < -0.3 is 9.31 Å². The van der Waals surface area contributed by atoms with Crippen molar-refractivity contribution in [2.45, 2.75) is 52.2 Å². The Kier molecular flexibility index (Phi) is 4.91. The third-order valence-corrected chi connectivity index (χ3v) is 6.56. The molecule has 0 N–H and O–H groups in total. The maximum Gasteiger partial charge on any atom is 0.494 e. The normalized spacial score (nSPS) is 17.2. The van der Waals surface area contributed by atoms with Gasteiger partial charge in [0.2, 0.25) is 0 Å². The van der Waals surface area contributed by atoms with E-state index in [1.165, 1.54) is 0 Å². The van der Waals surface area contributed by atoms with Crippen molar-refractivity contribution in [3.8, 4) is 17.1 Å². The quantitative estimate of drug-likeness (QED) is 0.455. The number of hydrogen-bond donors (Lipinski definition) is 0. The van der Waals surface area contributed by atoms with Crippen LogP contribution in [0.3, 0.4) is 0 Å². The summed E-state index contributed by atoms with van der Waals surface area (Å²) in [6.45, 7) is 10.3. The number of hydrogen-bond acceptors (Lipinski definition) is 5. The van der Waals surface area contributed by atoms with Crippen molar-refractivity contribution in [3.63, 3.8) is 0 Å². The smallest absolute Gasteiger partial charge is 0.399 e. The molecule has 1 saturated heterocycles. The van der Waals surface area contributed by atoms with E-state index in [9.17, 15) is 0 Å². The van der Waals surface area contributed by atoms with Crippen LogP contribution in [0.4, 0.5) is 0 Å². The van der Waals surface area contributed by atoms with Gasteiger partial charge in [0, 0.05) is 12.0 Å². The van der Waals surface area contributed by atoms with Gasteiger partial charge >= 0.3 is 7.12 Å². The number of aryl methyl sites for hydroxylation is 1. The molecule has 0 aliphatic carbocycles. The molecule has 6 nitrogen and oxygen atoms in total. The van der Waals surface area contributed by atoms with Crippen molar-refractivity contribution in [3.05, 3.63) is 66.5 Å². The van der Waals surface area contributed by atoms with Gasteiger partial charge in [0.25, 0.3) is 0 Å². The summed E-state index contributed by atoms with van der Waals surface area (Å²) in [4.78, 5) is 4.73. The molecule has 0 saturated carbocycles. The Hall–Kier alpha value is -3.03. The third-order valence-electron chi connectivity index (χ3n) is 6.56. The van der Waals surface area contributed by atoms with E-state index in [0.29, 0.717) is 0 Å². The lowest BCUT2D eigenvalue weighted by Crippen LogP contribution is -2.41. The Morgan fingerprint density at radius 1 is 0.844 bits per heavy atom. The fourth-order valence-electron chi connectivity index (χ4n) is 3.96. The molecule has 7 heteroatoms. The minimum absolute atomic E-state index is 0.355. The Bertz CT molecular complexity index is 1250. The van der Waals surface area contributed by atoms with Crippen molar-refractivity contribution < 1.29 is 9.31 Å². The maximum atomic E-state index is 6.15. The molecule has 162 valence electrons. The van der Waals surface area contributed by atoms with Crippen LogP contribution < -0.4 is 5.46 Å².